The SMILES string of the molecule is CNC(=O)[C@@H](c1ccccc1F)N1CCC[C@H]1C(=O)N[C@@H](CO)CC(C)C. The number of halogens is 1. The van der Waals surface area contributed by atoms with Crippen molar-refractivity contribution in [1.29, 1.82) is 0 Å². The summed E-state index contributed by atoms with van der Waals surface area (Å²) >= 11 is 0. The minimum Gasteiger partial charge on any atom is -0.394 e. The van der Waals surface area contributed by atoms with E-state index in [2.05, 4.69) is 10.6 Å². The highest BCUT2D eigenvalue weighted by molar-refractivity contribution is 5.86. The van der Waals surface area contributed by atoms with Gasteiger partial charge in [0.05, 0.1) is 18.7 Å². The van der Waals surface area contributed by atoms with Gasteiger partial charge < -0.3 is 15.7 Å². The standard InChI is InChI=1S/C20H30FN3O3/c1-13(2)11-14(12-25)23-19(26)17-9-6-10-24(17)18(20(27)22-3)15-7-4-5-8-16(15)21/h4-5,7-8,13-14,17-18,25H,6,9-12H2,1-3H3,(H,22,27)(H,23,26)/t14-,17+,18-/m1/s1. The number of nitrogens with one attached hydrogen (secondary N) is 2. The summed E-state index contributed by atoms with van der Waals surface area (Å²) < 4.78 is 14.4. The Morgan fingerprint density at radius 3 is 2.63 bits per heavy atom. The van der Waals surface area contributed by atoms with Crippen LogP contribution < -0.4 is 10.6 Å². The van der Waals surface area contributed by atoms with E-state index in [1.165, 1.54) is 13.1 Å². The lowest BCUT2D eigenvalue weighted by Crippen LogP contribution is -2.51. The van der Waals surface area contributed by atoms with Gasteiger partial charge in [-0.1, -0.05) is 32.0 Å². The van der Waals surface area contributed by atoms with Gasteiger partial charge in [0.1, 0.15) is 11.9 Å². The molecule has 0 bridgehead atoms. The summed E-state index contributed by atoms with van der Waals surface area (Å²) in [6.45, 7) is 4.44. The first kappa shape index (κ1) is 21.3. The van der Waals surface area contributed by atoms with Gasteiger partial charge in [-0.25, -0.2) is 4.39 Å². The largest absolute Gasteiger partial charge is 0.394 e. The first-order valence-electron chi connectivity index (χ1n) is 9.52. The Bertz CT molecular complexity index is 653. The molecule has 2 rings (SSSR count). The molecular formula is C20H30FN3O3. The van der Waals surface area contributed by atoms with Crippen LogP contribution in [-0.4, -0.2) is 54.1 Å². The molecular weight excluding hydrogens is 349 g/mol. The zero-order valence-electron chi connectivity index (χ0n) is 16.2. The highest BCUT2D eigenvalue weighted by Gasteiger charge is 2.40. The number of rotatable bonds is 8. The number of aliphatic hydroxyl groups excluding tert-OH is 1. The van der Waals surface area contributed by atoms with E-state index in [-0.39, 0.29) is 30.0 Å². The van der Waals surface area contributed by atoms with Gasteiger partial charge in [0.15, 0.2) is 0 Å². The third-order valence-electron chi connectivity index (χ3n) is 4.95. The number of likely N-dealkylation sites (tertiary alicyclic amines) is 1. The van der Waals surface area contributed by atoms with Gasteiger partial charge in [0, 0.05) is 19.2 Å². The van der Waals surface area contributed by atoms with Crippen molar-refractivity contribution in [2.24, 2.45) is 5.92 Å². The summed E-state index contributed by atoms with van der Waals surface area (Å²) in [4.78, 5) is 27.2. The van der Waals surface area contributed by atoms with E-state index in [1.54, 1.807) is 23.1 Å². The lowest BCUT2D eigenvalue weighted by molar-refractivity contribution is -0.131. The van der Waals surface area contributed by atoms with Gasteiger partial charge in [0.2, 0.25) is 11.8 Å². The molecule has 0 spiro atoms. The van der Waals surface area contributed by atoms with Crippen LogP contribution in [0.3, 0.4) is 0 Å². The van der Waals surface area contributed by atoms with Crippen molar-refractivity contribution in [3.8, 4) is 0 Å². The number of likely N-dealkylation sites (N-methyl/N-ethyl adjacent to an activating group) is 1. The molecule has 3 atom stereocenters. The fraction of sp³-hybridized carbons (Fsp3) is 0.600. The van der Waals surface area contributed by atoms with Crippen LogP contribution in [0.1, 0.15) is 44.7 Å². The molecule has 1 heterocycles. The number of nitrogens with zero attached hydrogens (tertiary/aromatic N) is 1. The summed E-state index contributed by atoms with van der Waals surface area (Å²) in [7, 11) is 1.51. The number of hydrogen-bond donors (Lipinski definition) is 3. The fourth-order valence-electron chi connectivity index (χ4n) is 3.73. The van der Waals surface area contributed by atoms with Gasteiger partial charge in [-0.15, -0.1) is 0 Å². The monoisotopic (exact) mass is 379 g/mol. The maximum Gasteiger partial charge on any atom is 0.241 e. The Balaban J connectivity index is 2.24. The summed E-state index contributed by atoms with van der Waals surface area (Å²) in [5.41, 5.74) is 0.262. The molecule has 1 aliphatic rings. The molecule has 0 aromatic heterocycles. The molecule has 0 saturated carbocycles. The minimum atomic E-state index is -0.868. The third-order valence-corrected chi connectivity index (χ3v) is 4.95. The number of hydrogen-bond acceptors (Lipinski definition) is 4. The first-order valence-corrected chi connectivity index (χ1v) is 9.52. The quantitative estimate of drug-likeness (QED) is 0.641. The van der Waals surface area contributed by atoms with Crippen LogP contribution in [-0.2, 0) is 9.59 Å². The maximum absolute atomic E-state index is 14.4. The van der Waals surface area contributed by atoms with Crippen LogP contribution in [0, 0.1) is 11.7 Å². The van der Waals surface area contributed by atoms with Crippen LogP contribution >= 0.6 is 0 Å². The Morgan fingerprint density at radius 2 is 2.04 bits per heavy atom. The Morgan fingerprint density at radius 1 is 1.33 bits per heavy atom. The van der Waals surface area contributed by atoms with Crippen LogP contribution in [0.25, 0.3) is 0 Å². The molecule has 150 valence electrons. The first-order chi connectivity index (χ1) is 12.9. The average Bonchev–Trinajstić information content (AvgIpc) is 3.11. The lowest BCUT2D eigenvalue weighted by atomic mass is 10.0. The van der Waals surface area contributed by atoms with Crippen molar-refractivity contribution in [2.45, 2.75) is 51.2 Å². The molecule has 2 amide bonds. The molecule has 1 aromatic rings. The van der Waals surface area contributed by atoms with Gasteiger partial charge in [0.25, 0.3) is 0 Å². The zero-order valence-corrected chi connectivity index (χ0v) is 16.2. The topological polar surface area (TPSA) is 81.7 Å². The molecule has 0 radical (unpaired) electrons. The second kappa shape index (κ2) is 9.80. The number of benzene rings is 1. The Hall–Kier alpha value is -1.99. The van der Waals surface area contributed by atoms with Crippen molar-refractivity contribution in [3.63, 3.8) is 0 Å². The second-order valence-corrected chi connectivity index (χ2v) is 7.45. The number of aliphatic hydroxyl groups is 1. The average molecular weight is 379 g/mol. The number of amides is 2. The maximum atomic E-state index is 14.4. The van der Waals surface area contributed by atoms with Gasteiger partial charge in [-0.3, -0.25) is 14.5 Å². The molecule has 6 nitrogen and oxygen atoms in total. The van der Waals surface area contributed by atoms with Gasteiger partial charge in [-0.05, 0) is 31.2 Å². The van der Waals surface area contributed by atoms with E-state index < -0.39 is 17.9 Å². The van der Waals surface area contributed by atoms with E-state index in [1.807, 2.05) is 13.8 Å². The summed E-state index contributed by atoms with van der Waals surface area (Å²) in [6, 6.07) is 4.43. The van der Waals surface area contributed by atoms with E-state index in [0.29, 0.717) is 25.3 Å². The summed E-state index contributed by atoms with van der Waals surface area (Å²) in [6.07, 6.45) is 2.00. The highest BCUT2D eigenvalue weighted by atomic mass is 19.1. The second-order valence-electron chi connectivity index (χ2n) is 7.45. The number of carbonyl (C=O) groups excluding carboxylic acids is 2. The van der Waals surface area contributed by atoms with Crippen LogP contribution in [0.2, 0.25) is 0 Å². The van der Waals surface area contributed by atoms with E-state index >= 15 is 0 Å². The fourth-order valence-corrected chi connectivity index (χ4v) is 3.73. The van der Waals surface area contributed by atoms with Gasteiger partial charge in [-0.2, -0.15) is 0 Å². The lowest BCUT2D eigenvalue weighted by Gasteiger charge is -2.32. The molecule has 27 heavy (non-hydrogen) atoms. The normalized spacial score (nSPS) is 19.7. The van der Waals surface area contributed by atoms with E-state index in [9.17, 15) is 19.1 Å². The van der Waals surface area contributed by atoms with Crippen molar-refractivity contribution in [2.75, 3.05) is 20.2 Å². The third kappa shape index (κ3) is 5.26. The van der Waals surface area contributed by atoms with Gasteiger partial charge >= 0.3 is 0 Å². The molecule has 0 aliphatic carbocycles. The predicted octanol–water partition coefficient (Wildman–Crippen LogP) is 1.60. The Kier molecular flexibility index (Phi) is 7.74. The molecule has 1 fully saturated rings. The number of carbonyl (C=O) groups is 2. The van der Waals surface area contributed by atoms with E-state index in [0.717, 1.165) is 6.42 Å². The van der Waals surface area contributed by atoms with Crippen LogP contribution in [0.5, 0.6) is 0 Å². The smallest absolute Gasteiger partial charge is 0.241 e. The van der Waals surface area contributed by atoms with Crippen molar-refractivity contribution in [3.05, 3.63) is 35.6 Å². The van der Waals surface area contributed by atoms with Crippen molar-refractivity contribution >= 4 is 11.8 Å². The van der Waals surface area contributed by atoms with Crippen molar-refractivity contribution < 1.29 is 19.1 Å². The molecule has 1 aromatic carbocycles. The predicted molar refractivity (Wildman–Crippen MR) is 101 cm³/mol. The Labute approximate surface area is 160 Å². The van der Waals surface area contributed by atoms with Crippen LogP contribution in [0.15, 0.2) is 24.3 Å². The highest BCUT2D eigenvalue weighted by Crippen LogP contribution is 2.31. The minimum absolute atomic E-state index is 0.136. The molecule has 7 heteroatoms. The molecule has 1 aliphatic heterocycles. The van der Waals surface area contributed by atoms with E-state index in [4.69, 9.17) is 0 Å². The molecule has 0 unspecified atom stereocenters. The summed E-state index contributed by atoms with van der Waals surface area (Å²) in [5.74, 6) is -0.706. The van der Waals surface area contributed by atoms with Crippen molar-refractivity contribution in [1.82, 2.24) is 15.5 Å². The summed E-state index contributed by atoms with van der Waals surface area (Å²) in [5, 5.41) is 15.0. The molecule has 3 N–H and O–H groups in total. The zero-order chi connectivity index (χ0) is 20.0. The van der Waals surface area contributed by atoms with Crippen LogP contribution in [0.4, 0.5) is 4.39 Å². The molecule has 1 saturated heterocycles.